The second kappa shape index (κ2) is 7.32. The summed E-state index contributed by atoms with van der Waals surface area (Å²) in [6, 6.07) is 8.24. The van der Waals surface area contributed by atoms with Crippen molar-refractivity contribution in [1.29, 1.82) is 0 Å². The first-order valence-electron chi connectivity index (χ1n) is 8.10. The Morgan fingerprint density at radius 2 is 1.78 bits per heavy atom. The van der Waals surface area contributed by atoms with Crippen LogP contribution in [0.1, 0.15) is 5.56 Å². The summed E-state index contributed by atoms with van der Waals surface area (Å²) in [4.78, 5) is 14.6. The molecule has 2 aromatic rings. The zero-order valence-corrected chi connectivity index (χ0v) is 16.8. The SMILES string of the molecule is O=C1N(CCOc2ccc(Cl)cc2Cl)c2c(ccc(Cl)c2Cl)C12OCCO2. The van der Waals surface area contributed by atoms with E-state index in [4.69, 9.17) is 60.6 Å². The number of hydrogen-bond acceptors (Lipinski definition) is 4. The van der Waals surface area contributed by atoms with Gasteiger partial charge in [-0.25, -0.2) is 0 Å². The summed E-state index contributed by atoms with van der Waals surface area (Å²) in [5.41, 5.74) is 1.02. The summed E-state index contributed by atoms with van der Waals surface area (Å²) in [5.74, 6) is -1.36. The molecule has 0 bridgehead atoms. The van der Waals surface area contributed by atoms with Gasteiger partial charge in [-0.3, -0.25) is 4.79 Å². The lowest BCUT2D eigenvalue weighted by Crippen LogP contribution is -2.42. The van der Waals surface area contributed by atoms with Crippen molar-refractivity contribution < 1.29 is 19.0 Å². The van der Waals surface area contributed by atoms with E-state index in [1.54, 1.807) is 30.3 Å². The van der Waals surface area contributed by atoms with Gasteiger partial charge in [-0.2, -0.15) is 0 Å². The number of benzene rings is 2. The van der Waals surface area contributed by atoms with Crippen LogP contribution in [0.2, 0.25) is 20.1 Å². The number of ether oxygens (including phenoxy) is 3. The minimum Gasteiger partial charge on any atom is -0.490 e. The quantitative estimate of drug-likeness (QED) is 0.665. The second-order valence-corrected chi connectivity index (χ2v) is 7.58. The molecule has 5 nitrogen and oxygen atoms in total. The van der Waals surface area contributed by atoms with Gasteiger partial charge < -0.3 is 19.1 Å². The standard InChI is InChI=1S/C18H13Cl4NO4/c19-10-1-4-14(13(21)9-10)25-6-5-23-16-11(2-3-12(20)15(16)22)18(17(23)24)26-7-8-27-18/h1-4,9H,5-8H2. The van der Waals surface area contributed by atoms with E-state index in [0.29, 0.717) is 45.3 Å². The fourth-order valence-corrected chi connectivity index (χ4v) is 4.09. The van der Waals surface area contributed by atoms with Gasteiger partial charge in [0.05, 0.1) is 40.5 Å². The molecule has 0 atom stereocenters. The van der Waals surface area contributed by atoms with Crippen molar-refractivity contribution in [2.24, 2.45) is 0 Å². The molecule has 27 heavy (non-hydrogen) atoms. The summed E-state index contributed by atoms with van der Waals surface area (Å²) in [6.07, 6.45) is 0. The maximum absolute atomic E-state index is 13.1. The van der Waals surface area contributed by atoms with E-state index >= 15 is 0 Å². The van der Waals surface area contributed by atoms with Crippen molar-refractivity contribution in [2.75, 3.05) is 31.3 Å². The molecule has 0 aliphatic carbocycles. The molecule has 4 rings (SSSR count). The van der Waals surface area contributed by atoms with Crippen molar-refractivity contribution >= 4 is 58.0 Å². The van der Waals surface area contributed by atoms with Crippen LogP contribution in [0.3, 0.4) is 0 Å². The van der Waals surface area contributed by atoms with Gasteiger partial charge >= 0.3 is 0 Å². The van der Waals surface area contributed by atoms with Gasteiger partial charge in [-0.15, -0.1) is 0 Å². The van der Waals surface area contributed by atoms with E-state index in [2.05, 4.69) is 0 Å². The van der Waals surface area contributed by atoms with Crippen LogP contribution in [-0.2, 0) is 20.1 Å². The van der Waals surface area contributed by atoms with Crippen LogP contribution < -0.4 is 9.64 Å². The maximum Gasteiger partial charge on any atom is 0.292 e. The minimum absolute atomic E-state index is 0.172. The number of carbonyl (C=O) groups excluding carboxylic acids is 1. The molecule has 0 saturated carbocycles. The maximum atomic E-state index is 13.1. The average Bonchev–Trinajstić information content (AvgIpc) is 3.21. The molecule has 0 N–H and O–H groups in total. The Bertz CT molecular complexity index is 914. The van der Waals surface area contributed by atoms with Gasteiger partial charge in [0.25, 0.3) is 11.7 Å². The first-order chi connectivity index (χ1) is 12.9. The summed E-state index contributed by atoms with van der Waals surface area (Å²) in [5, 5.41) is 1.50. The third kappa shape index (κ3) is 3.16. The van der Waals surface area contributed by atoms with Crippen molar-refractivity contribution in [3.05, 3.63) is 56.0 Å². The number of fused-ring (bicyclic) bond motifs is 2. The zero-order valence-electron chi connectivity index (χ0n) is 13.8. The number of rotatable bonds is 4. The van der Waals surface area contributed by atoms with Gasteiger partial charge in [0.2, 0.25) is 0 Å². The van der Waals surface area contributed by atoms with E-state index in [-0.39, 0.29) is 24.1 Å². The molecular formula is C18H13Cl4NO4. The van der Waals surface area contributed by atoms with E-state index < -0.39 is 5.79 Å². The average molecular weight is 449 g/mol. The van der Waals surface area contributed by atoms with Gasteiger partial charge in [0.1, 0.15) is 12.4 Å². The van der Waals surface area contributed by atoms with Crippen molar-refractivity contribution in [2.45, 2.75) is 5.79 Å². The summed E-state index contributed by atoms with van der Waals surface area (Å²) in [7, 11) is 0. The zero-order chi connectivity index (χ0) is 19.2. The van der Waals surface area contributed by atoms with Gasteiger partial charge in [-0.05, 0) is 30.3 Å². The molecule has 1 saturated heterocycles. The first kappa shape index (κ1) is 19.1. The fraction of sp³-hybridized carbons (Fsp3) is 0.278. The highest BCUT2D eigenvalue weighted by molar-refractivity contribution is 6.44. The molecule has 1 fully saturated rings. The van der Waals surface area contributed by atoms with E-state index in [0.717, 1.165) is 0 Å². The summed E-state index contributed by atoms with van der Waals surface area (Å²) in [6.45, 7) is 1.01. The molecule has 2 heterocycles. The molecule has 0 radical (unpaired) electrons. The topological polar surface area (TPSA) is 48.0 Å². The Morgan fingerprint density at radius 3 is 2.48 bits per heavy atom. The van der Waals surface area contributed by atoms with Crippen LogP contribution in [0.5, 0.6) is 5.75 Å². The van der Waals surface area contributed by atoms with Crippen molar-refractivity contribution in [3.8, 4) is 5.75 Å². The largest absolute Gasteiger partial charge is 0.490 e. The van der Waals surface area contributed by atoms with E-state index in [9.17, 15) is 4.79 Å². The normalized spacial score (nSPS) is 17.6. The Labute approximate surface area is 175 Å². The summed E-state index contributed by atoms with van der Waals surface area (Å²) < 4.78 is 17.0. The van der Waals surface area contributed by atoms with Crippen molar-refractivity contribution in [3.63, 3.8) is 0 Å². The lowest BCUT2D eigenvalue weighted by molar-refractivity contribution is -0.180. The van der Waals surface area contributed by atoms with Crippen LogP contribution >= 0.6 is 46.4 Å². The van der Waals surface area contributed by atoms with Crippen LogP contribution in [0.4, 0.5) is 5.69 Å². The summed E-state index contributed by atoms with van der Waals surface area (Å²) >= 11 is 24.5. The molecule has 0 aromatic heterocycles. The third-order valence-corrected chi connectivity index (χ3v) is 5.71. The lowest BCUT2D eigenvalue weighted by atomic mass is 10.1. The van der Waals surface area contributed by atoms with Gasteiger partial charge in [0.15, 0.2) is 0 Å². The fourth-order valence-electron chi connectivity index (χ4n) is 3.21. The monoisotopic (exact) mass is 447 g/mol. The highest BCUT2D eigenvalue weighted by Gasteiger charge is 2.56. The smallest absolute Gasteiger partial charge is 0.292 e. The van der Waals surface area contributed by atoms with Crippen LogP contribution in [-0.4, -0.2) is 32.3 Å². The molecule has 1 amide bonds. The third-order valence-electron chi connectivity index (χ3n) is 4.38. The van der Waals surface area contributed by atoms with Gasteiger partial charge in [0, 0.05) is 10.6 Å². The number of carbonyl (C=O) groups is 1. The lowest BCUT2D eigenvalue weighted by Gasteiger charge is -2.22. The number of amides is 1. The first-order valence-corrected chi connectivity index (χ1v) is 9.61. The highest BCUT2D eigenvalue weighted by atomic mass is 35.5. The molecule has 9 heteroatoms. The van der Waals surface area contributed by atoms with Crippen LogP contribution in [0, 0.1) is 0 Å². The van der Waals surface area contributed by atoms with Gasteiger partial charge in [-0.1, -0.05) is 46.4 Å². The molecular weight excluding hydrogens is 436 g/mol. The molecule has 142 valence electrons. The Hall–Kier alpha value is -1.21. The predicted molar refractivity (Wildman–Crippen MR) is 104 cm³/mol. The van der Waals surface area contributed by atoms with E-state index in [1.807, 2.05) is 0 Å². The minimum atomic E-state index is -1.47. The second-order valence-electron chi connectivity index (χ2n) is 5.95. The molecule has 0 unspecified atom stereocenters. The molecule has 2 aliphatic heterocycles. The van der Waals surface area contributed by atoms with E-state index in [1.165, 1.54) is 4.90 Å². The Kier molecular flexibility index (Phi) is 5.18. The van der Waals surface area contributed by atoms with Crippen LogP contribution in [0.25, 0.3) is 0 Å². The number of halogens is 4. The Morgan fingerprint density at radius 1 is 1.04 bits per heavy atom. The number of nitrogens with zero attached hydrogens (tertiary/aromatic N) is 1. The Balaban J connectivity index is 1.60. The van der Waals surface area contributed by atoms with Crippen LogP contribution in [0.15, 0.2) is 30.3 Å². The molecule has 1 spiro atoms. The number of hydrogen-bond donors (Lipinski definition) is 0. The predicted octanol–water partition coefficient (Wildman–Crippen LogP) is 4.93. The molecule has 2 aromatic carbocycles. The molecule has 2 aliphatic rings. The number of anilines is 1. The van der Waals surface area contributed by atoms with Crippen molar-refractivity contribution in [1.82, 2.24) is 0 Å². The highest BCUT2D eigenvalue weighted by Crippen LogP contribution is 2.50.